The van der Waals surface area contributed by atoms with Crippen LogP contribution in [-0.4, -0.2) is 16.5 Å². The third-order valence-corrected chi connectivity index (χ3v) is 4.18. The molecular formula is C15H23N3S. The van der Waals surface area contributed by atoms with Crippen molar-refractivity contribution in [2.75, 3.05) is 11.9 Å². The normalized spacial score (nSPS) is 12.1. The molecule has 0 unspecified atom stereocenters. The fourth-order valence-electron chi connectivity index (χ4n) is 1.86. The van der Waals surface area contributed by atoms with Crippen molar-refractivity contribution in [2.45, 2.75) is 52.9 Å². The van der Waals surface area contributed by atoms with E-state index >= 15 is 0 Å². The summed E-state index contributed by atoms with van der Waals surface area (Å²) in [5, 5.41) is 4.61. The van der Waals surface area contributed by atoms with Crippen LogP contribution in [0.4, 0.5) is 5.82 Å². The van der Waals surface area contributed by atoms with Gasteiger partial charge in [-0.3, -0.25) is 0 Å². The lowest BCUT2D eigenvalue weighted by Gasteiger charge is -2.18. The number of nitrogens with zero attached hydrogens (tertiary/aromatic N) is 2. The Hall–Kier alpha value is -1.16. The van der Waals surface area contributed by atoms with Gasteiger partial charge in [0.05, 0.1) is 5.39 Å². The Labute approximate surface area is 119 Å². The van der Waals surface area contributed by atoms with Crippen molar-refractivity contribution in [2.24, 2.45) is 0 Å². The smallest absolute Gasteiger partial charge is 0.138 e. The van der Waals surface area contributed by atoms with Crippen LogP contribution in [0.3, 0.4) is 0 Å². The summed E-state index contributed by atoms with van der Waals surface area (Å²) in [6, 6.07) is 2.23. The zero-order chi connectivity index (χ0) is 14.0. The van der Waals surface area contributed by atoms with Gasteiger partial charge in [-0.1, -0.05) is 34.6 Å². The Morgan fingerprint density at radius 1 is 1.21 bits per heavy atom. The van der Waals surface area contributed by atoms with Crippen LogP contribution in [0, 0.1) is 0 Å². The number of aromatic nitrogens is 2. The van der Waals surface area contributed by atoms with E-state index in [4.69, 9.17) is 9.97 Å². The fourth-order valence-corrected chi connectivity index (χ4v) is 2.83. The minimum atomic E-state index is -0.0206. The lowest BCUT2D eigenvalue weighted by Crippen LogP contribution is -2.17. The number of aryl methyl sites for hydroxylation is 1. The van der Waals surface area contributed by atoms with Crippen LogP contribution in [0.25, 0.3) is 10.2 Å². The first-order valence-corrected chi connectivity index (χ1v) is 7.82. The summed E-state index contributed by atoms with van der Waals surface area (Å²) in [6.07, 6.45) is 2.15. The summed E-state index contributed by atoms with van der Waals surface area (Å²) in [5.41, 5.74) is -0.0206. The first kappa shape index (κ1) is 14.3. The molecule has 0 spiro atoms. The van der Waals surface area contributed by atoms with Gasteiger partial charge in [-0.25, -0.2) is 9.97 Å². The highest BCUT2D eigenvalue weighted by atomic mass is 32.1. The molecule has 1 N–H and O–H groups in total. The van der Waals surface area contributed by atoms with Crippen molar-refractivity contribution >= 4 is 27.4 Å². The van der Waals surface area contributed by atoms with E-state index in [0.29, 0.717) is 0 Å². The Morgan fingerprint density at radius 3 is 2.53 bits per heavy atom. The summed E-state index contributed by atoms with van der Waals surface area (Å²) < 4.78 is 0. The highest BCUT2D eigenvalue weighted by Crippen LogP contribution is 2.32. The molecule has 0 aliphatic carbocycles. The van der Waals surface area contributed by atoms with Crippen molar-refractivity contribution in [1.29, 1.82) is 0 Å². The molecule has 0 bridgehead atoms. The highest BCUT2D eigenvalue weighted by molar-refractivity contribution is 7.18. The molecule has 4 heteroatoms. The van der Waals surface area contributed by atoms with Crippen molar-refractivity contribution in [1.82, 2.24) is 9.97 Å². The summed E-state index contributed by atoms with van der Waals surface area (Å²) >= 11 is 1.78. The summed E-state index contributed by atoms with van der Waals surface area (Å²) in [7, 11) is 0. The van der Waals surface area contributed by atoms with Gasteiger partial charge in [0.25, 0.3) is 0 Å². The maximum Gasteiger partial charge on any atom is 0.138 e. The zero-order valence-corrected chi connectivity index (χ0v) is 13.3. The second kappa shape index (κ2) is 5.45. The van der Waals surface area contributed by atoms with E-state index in [1.54, 1.807) is 11.3 Å². The topological polar surface area (TPSA) is 37.8 Å². The predicted octanol–water partition coefficient (Wildman–Crippen LogP) is 4.37. The number of hydrogen-bond acceptors (Lipinski definition) is 4. The molecule has 3 nitrogen and oxygen atoms in total. The van der Waals surface area contributed by atoms with E-state index in [1.165, 1.54) is 10.3 Å². The zero-order valence-electron chi connectivity index (χ0n) is 12.5. The Balaban J connectivity index is 2.56. The van der Waals surface area contributed by atoms with Crippen molar-refractivity contribution in [3.05, 3.63) is 16.8 Å². The summed E-state index contributed by atoms with van der Waals surface area (Å²) in [6.45, 7) is 11.8. The maximum atomic E-state index is 4.75. The SMILES string of the molecule is CCCNc1nc(C(C)(C)C)nc2sc(CC)cc12. The molecule has 0 aromatic carbocycles. The molecule has 0 saturated heterocycles. The van der Waals surface area contributed by atoms with Gasteiger partial charge < -0.3 is 5.32 Å². The number of thiophene rings is 1. The second-order valence-electron chi connectivity index (χ2n) is 5.86. The van der Waals surface area contributed by atoms with Gasteiger partial charge in [-0.05, 0) is 18.9 Å². The molecule has 0 radical (unpaired) electrons. The van der Waals surface area contributed by atoms with Crippen LogP contribution in [0.2, 0.25) is 0 Å². The first-order valence-electron chi connectivity index (χ1n) is 7.00. The van der Waals surface area contributed by atoms with E-state index in [1.807, 2.05) is 0 Å². The van der Waals surface area contributed by atoms with Gasteiger partial charge in [-0.15, -0.1) is 11.3 Å². The molecule has 2 aromatic heterocycles. The lowest BCUT2D eigenvalue weighted by molar-refractivity contribution is 0.549. The lowest BCUT2D eigenvalue weighted by atomic mass is 9.96. The van der Waals surface area contributed by atoms with Crippen LogP contribution >= 0.6 is 11.3 Å². The van der Waals surface area contributed by atoms with Crippen molar-refractivity contribution in [3.63, 3.8) is 0 Å². The van der Waals surface area contributed by atoms with Crippen LogP contribution < -0.4 is 5.32 Å². The molecule has 19 heavy (non-hydrogen) atoms. The molecule has 0 fully saturated rings. The van der Waals surface area contributed by atoms with Crippen LogP contribution in [0.5, 0.6) is 0 Å². The molecule has 0 amide bonds. The predicted molar refractivity (Wildman–Crippen MR) is 84.3 cm³/mol. The van der Waals surface area contributed by atoms with Gasteiger partial charge in [0.15, 0.2) is 0 Å². The Kier molecular flexibility index (Phi) is 4.09. The van der Waals surface area contributed by atoms with Gasteiger partial charge in [0.1, 0.15) is 16.5 Å². The van der Waals surface area contributed by atoms with Gasteiger partial charge >= 0.3 is 0 Å². The fraction of sp³-hybridized carbons (Fsp3) is 0.600. The minimum Gasteiger partial charge on any atom is -0.369 e. The van der Waals surface area contributed by atoms with E-state index in [0.717, 1.165) is 35.9 Å². The Morgan fingerprint density at radius 2 is 1.95 bits per heavy atom. The van der Waals surface area contributed by atoms with E-state index in [-0.39, 0.29) is 5.41 Å². The molecule has 104 valence electrons. The number of nitrogens with one attached hydrogen (secondary N) is 1. The third kappa shape index (κ3) is 3.06. The average molecular weight is 277 g/mol. The van der Waals surface area contributed by atoms with Crippen LogP contribution in [0.1, 0.15) is 51.7 Å². The van der Waals surface area contributed by atoms with Gasteiger partial charge in [-0.2, -0.15) is 0 Å². The summed E-state index contributed by atoms with van der Waals surface area (Å²) in [4.78, 5) is 12.0. The van der Waals surface area contributed by atoms with E-state index in [9.17, 15) is 0 Å². The maximum absolute atomic E-state index is 4.75. The summed E-state index contributed by atoms with van der Waals surface area (Å²) in [5.74, 6) is 1.91. The Bertz CT molecular complexity index is 567. The molecular weight excluding hydrogens is 254 g/mol. The van der Waals surface area contributed by atoms with Gasteiger partial charge in [0, 0.05) is 16.8 Å². The molecule has 2 aromatic rings. The van der Waals surface area contributed by atoms with E-state index in [2.05, 4.69) is 46.0 Å². The third-order valence-electron chi connectivity index (χ3n) is 3.01. The highest BCUT2D eigenvalue weighted by Gasteiger charge is 2.20. The number of fused-ring (bicyclic) bond motifs is 1. The first-order chi connectivity index (χ1) is 8.95. The average Bonchev–Trinajstić information content (AvgIpc) is 2.77. The molecule has 0 aliphatic rings. The van der Waals surface area contributed by atoms with E-state index < -0.39 is 0 Å². The standard InChI is InChI=1S/C15H23N3S/c1-6-8-16-12-11-9-10(7-2)19-13(11)18-14(17-12)15(3,4)5/h9H,6-8H2,1-5H3,(H,16,17,18). The van der Waals surface area contributed by atoms with Crippen LogP contribution in [-0.2, 0) is 11.8 Å². The number of rotatable bonds is 4. The van der Waals surface area contributed by atoms with Crippen LogP contribution in [0.15, 0.2) is 6.07 Å². The minimum absolute atomic E-state index is 0.0206. The monoisotopic (exact) mass is 277 g/mol. The van der Waals surface area contributed by atoms with Crippen molar-refractivity contribution in [3.8, 4) is 0 Å². The van der Waals surface area contributed by atoms with Crippen molar-refractivity contribution < 1.29 is 0 Å². The second-order valence-corrected chi connectivity index (χ2v) is 6.97. The molecule has 0 aliphatic heterocycles. The quantitative estimate of drug-likeness (QED) is 0.901. The van der Waals surface area contributed by atoms with Gasteiger partial charge in [0.2, 0.25) is 0 Å². The number of hydrogen-bond donors (Lipinski definition) is 1. The molecule has 2 heterocycles. The number of anilines is 1. The molecule has 2 rings (SSSR count). The molecule has 0 saturated carbocycles. The molecule has 0 atom stereocenters. The largest absolute Gasteiger partial charge is 0.369 e.